The minimum absolute atomic E-state index is 0.267. The number of rotatable bonds is 4. The molecule has 1 amide bonds. The topological polar surface area (TPSA) is 41.5 Å². The lowest BCUT2D eigenvalue weighted by Crippen LogP contribution is -2.19. The second kappa shape index (κ2) is 6.98. The Balaban J connectivity index is 2.05. The highest BCUT2D eigenvalue weighted by Gasteiger charge is 2.06. The van der Waals surface area contributed by atoms with Crippen molar-refractivity contribution in [2.75, 3.05) is 0 Å². The third-order valence-corrected chi connectivity index (χ3v) is 3.43. The number of hydrogen-bond acceptors (Lipinski definition) is 2. The lowest BCUT2D eigenvalue weighted by Gasteiger charge is -2.06. The molecule has 0 bridgehead atoms. The van der Waals surface area contributed by atoms with Gasteiger partial charge in [-0.1, -0.05) is 38.1 Å². The number of hydrazone groups is 1. The second-order valence-electron chi connectivity index (χ2n) is 5.42. The zero-order valence-electron chi connectivity index (χ0n) is 12.9. The van der Waals surface area contributed by atoms with E-state index in [0.717, 1.165) is 5.56 Å². The molecule has 0 atom stereocenters. The van der Waals surface area contributed by atoms with E-state index in [1.54, 1.807) is 31.2 Å². The molecule has 2 aromatic carbocycles. The summed E-state index contributed by atoms with van der Waals surface area (Å²) in [6.07, 6.45) is 0. The molecule has 0 spiro atoms. The monoisotopic (exact) mass is 298 g/mol. The molecule has 0 heterocycles. The summed E-state index contributed by atoms with van der Waals surface area (Å²) in [5.41, 5.74) is 5.63. The van der Waals surface area contributed by atoms with Gasteiger partial charge in [-0.3, -0.25) is 4.79 Å². The van der Waals surface area contributed by atoms with Gasteiger partial charge in [0.15, 0.2) is 0 Å². The predicted molar refractivity (Wildman–Crippen MR) is 86.6 cm³/mol. The molecule has 0 fully saturated rings. The average molecular weight is 298 g/mol. The lowest BCUT2D eigenvalue weighted by molar-refractivity contribution is 0.0955. The summed E-state index contributed by atoms with van der Waals surface area (Å²) >= 11 is 0. The van der Waals surface area contributed by atoms with Gasteiger partial charge in [-0.15, -0.1) is 0 Å². The molecule has 2 rings (SSSR count). The van der Waals surface area contributed by atoms with E-state index in [9.17, 15) is 9.18 Å². The van der Waals surface area contributed by atoms with Crippen LogP contribution in [0, 0.1) is 5.82 Å². The fraction of sp³-hybridized carbons (Fsp3) is 0.222. The Morgan fingerprint density at radius 1 is 1.00 bits per heavy atom. The number of amides is 1. The minimum Gasteiger partial charge on any atom is -0.267 e. The highest BCUT2D eigenvalue weighted by atomic mass is 19.1. The summed E-state index contributed by atoms with van der Waals surface area (Å²) in [6.45, 7) is 5.96. The highest BCUT2D eigenvalue weighted by molar-refractivity contribution is 6.00. The van der Waals surface area contributed by atoms with Crippen molar-refractivity contribution >= 4 is 11.6 Å². The van der Waals surface area contributed by atoms with Crippen LogP contribution < -0.4 is 5.43 Å². The van der Waals surface area contributed by atoms with Gasteiger partial charge in [0.1, 0.15) is 5.82 Å². The van der Waals surface area contributed by atoms with Gasteiger partial charge in [-0.05, 0) is 48.2 Å². The zero-order chi connectivity index (χ0) is 16.1. The van der Waals surface area contributed by atoms with E-state index in [1.807, 2.05) is 12.1 Å². The molecule has 0 aliphatic carbocycles. The van der Waals surface area contributed by atoms with Gasteiger partial charge < -0.3 is 0 Å². The predicted octanol–water partition coefficient (Wildman–Crippen LogP) is 4.10. The van der Waals surface area contributed by atoms with Crippen molar-refractivity contribution in [3.8, 4) is 0 Å². The largest absolute Gasteiger partial charge is 0.271 e. The van der Waals surface area contributed by atoms with E-state index in [0.29, 0.717) is 17.2 Å². The molecule has 1 N–H and O–H groups in total. The molecule has 0 unspecified atom stereocenters. The van der Waals surface area contributed by atoms with Crippen LogP contribution in [0.4, 0.5) is 4.39 Å². The van der Waals surface area contributed by atoms with Gasteiger partial charge in [-0.25, -0.2) is 9.82 Å². The Kier molecular flexibility index (Phi) is 5.04. The molecule has 0 radical (unpaired) electrons. The quantitative estimate of drug-likeness (QED) is 0.670. The van der Waals surface area contributed by atoms with Crippen LogP contribution in [0.15, 0.2) is 53.6 Å². The van der Waals surface area contributed by atoms with Crippen molar-refractivity contribution in [1.29, 1.82) is 0 Å². The fourth-order valence-corrected chi connectivity index (χ4v) is 1.97. The van der Waals surface area contributed by atoms with Crippen LogP contribution in [0.5, 0.6) is 0 Å². The van der Waals surface area contributed by atoms with E-state index < -0.39 is 0 Å². The smallest absolute Gasteiger partial charge is 0.267 e. The van der Waals surface area contributed by atoms with Crippen molar-refractivity contribution in [3.05, 3.63) is 71.0 Å². The van der Waals surface area contributed by atoms with Gasteiger partial charge in [0.2, 0.25) is 0 Å². The standard InChI is InChI=1S/C18H19FN2O/c1-12(2)14-4-6-16(7-5-14)18(22)21-20-13(3)15-8-10-17(19)11-9-15/h4-12H,1-3H3,(H,21,22). The summed E-state index contributed by atoms with van der Waals surface area (Å²) in [6, 6.07) is 13.4. The van der Waals surface area contributed by atoms with Gasteiger partial charge in [0.05, 0.1) is 5.71 Å². The Hall–Kier alpha value is -2.49. The maximum absolute atomic E-state index is 12.9. The van der Waals surface area contributed by atoms with Crippen molar-refractivity contribution in [2.24, 2.45) is 5.10 Å². The molecule has 0 aliphatic rings. The average Bonchev–Trinajstić information content (AvgIpc) is 2.53. The van der Waals surface area contributed by atoms with Gasteiger partial charge in [0.25, 0.3) is 5.91 Å². The van der Waals surface area contributed by atoms with E-state index in [2.05, 4.69) is 24.4 Å². The molecule has 3 nitrogen and oxygen atoms in total. The number of benzene rings is 2. The molecule has 114 valence electrons. The molecule has 0 aromatic heterocycles. The summed E-state index contributed by atoms with van der Waals surface area (Å²) in [7, 11) is 0. The third kappa shape index (κ3) is 4.01. The number of carbonyl (C=O) groups is 1. The number of carbonyl (C=O) groups excluding carboxylic acids is 1. The van der Waals surface area contributed by atoms with Crippen LogP contribution in [-0.2, 0) is 0 Å². The maximum atomic E-state index is 12.9. The molecule has 0 saturated carbocycles. The summed E-state index contributed by atoms with van der Waals surface area (Å²) in [4.78, 5) is 12.0. The van der Waals surface area contributed by atoms with Crippen LogP contribution in [0.25, 0.3) is 0 Å². The SMILES string of the molecule is CC(=NNC(=O)c1ccc(C(C)C)cc1)c1ccc(F)cc1. The first-order valence-electron chi connectivity index (χ1n) is 7.18. The summed E-state index contributed by atoms with van der Waals surface area (Å²) in [5, 5.41) is 4.05. The molecule has 4 heteroatoms. The number of nitrogens with zero attached hydrogens (tertiary/aromatic N) is 1. The van der Waals surface area contributed by atoms with Crippen molar-refractivity contribution in [1.82, 2.24) is 5.43 Å². The van der Waals surface area contributed by atoms with Crippen LogP contribution in [0.3, 0.4) is 0 Å². The van der Waals surface area contributed by atoms with Crippen molar-refractivity contribution in [3.63, 3.8) is 0 Å². The minimum atomic E-state index is -0.300. The third-order valence-electron chi connectivity index (χ3n) is 3.43. The lowest BCUT2D eigenvalue weighted by atomic mass is 10.0. The van der Waals surface area contributed by atoms with Crippen LogP contribution in [0.1, 0.15) is 48.2 Å². The summed E-state index contributed by atoms with van der Waals surface area (Å²) < 4.78 is 12.9. The zero-order valence-corrected chi connectivity index (χ0v) is 12.9. The van der Waals surface area contributed by atoms with Crippen LogP contribution >= 0.6 is 0 Å². The highest BCUT2D eigenvalue weighted by Crippen LogP contribution is 2.14. The Morgan fingerprint density at radius 3 is 2.09 bits per heavy atom. The first-order chi connectivity index (χ1) is 10.5. The van der Waals surface area contributed by atoms with Gasteiger partial charge >= 0.3 is 0 Å². The number of hydrogen-bond donors (Lipinski definition) is 1. The van der Waals surface area contributed by atoms with E-state index in [-0.39, 0.29) is 11.7 Å². The first kappa shape index (κ1) is 15.9. The maximum Gasteiger partial charge on any atom is 0.271 e. The van der Waals surface area contributed by atoms with Crippen molar-refractivity contribution in [2.45, 2.75) is 26.7 Å². The fourth-order valence-electron chi connectivity index (χ4n) is 1.97. The Morgan fingerprint density at radius 2 is 1.55 bits per heavy atom. The Labute approximate surface area is 129 Å². The van der Waals surface area contributed by atoms with E-state index in [4.69, 9.17) is 0 Å². The Bertz CT molecular complexity index is 673. The number of halogens is 1. The normalized spacial score (nSPS) is 11.6. The molecule has 0 aliphatic heterocycles. The van der Waals surface area contributed by atoms with E-state index >= 15 is 0 Å². The molecule has 22 heavy (non-hydrogen) atoms. The molecule has 2 aromatic rings. The van der Waals surface area contributed by atoms with Crippen LogP contribution in [0.2, 0.25) is 0 Å². The molecule has 0 saturated heterocycles. The second-order valence-corrected chi connectivity index (χ2v) is 5.42. The first-order valence-corrected chi connectivity index (χ1v) is 7.18. The number of nitrogens with one attached hydrogen (secondary N) is 1. The van der Waals surface area contributed by atoms with Gasteiger partial charge in [-0.2, -0.15) is 5.10 Å². The van der Waals surface area contributed by atoms with Crippen LogP contribution in [-0.4, -0.2) is 11.6 Å². The summed E-state index contributed by atoms with van der Waals surface area (Å²) in [5.74, 6) is -0.140. The molecular formula is C18H19FN2O. The van der Waals surface area contributed by atoms with Crippen molar-refractivity contribution < 1.29 is 9.18 Å². The van der Waals surface area contributed by atoms with E-state index in [1.165, 1.54) is 17.7 Å². The van der Waals surface area contributed by atoms with Gasteiger partial charge in [0, 0.05) is 5.56 Å². The molecular weight excluding hydrogens is 279 g/mol.